The van der Waals surface area contributed by atoms with Gasteiger partial charge in [-0.1, -0.05) is 37.8 Å². The Hall–Kier alpha value is -4.00. The zero-order valence-electron chi connectivity index (χ0n) is 16.3. The molecule has 0 saturated carbocycles. The molecule has 7 heteroatoms. The number of aromatic nitrogens is 3. The maximum Gasteiger partial charge on any atom is 0.338 e. The lowest BCUT2D eigenvalue weighted by molar-refractivity contribution is 0.0473. The molecular weight excluding hydrogens is 394 g/mol. The number of hydrogen-bond acceptors (Lipinski definition) is 5. The minimum absolute atomic E-state index is 0. The molecule has 0 fully saturated rings. The molecule has 2 heterocycles. The summed E-state index contributed by atoms with van der Waals surface area (Å²) in [4.78, 5) is 42.2. The first kappa shape index (κ1) is 21.7. The van der Waals surface area contributed by atoms with E-state index in [4.69, 9.17) is 4.74 Å². The number of rotatable bonds is 5. The van der Waals surface area contributed by atoms with Gasteiger partial charge in [-0.3, -0.25) is 18.9 Å². The molecule has 0 unspecified atom stereocenters. The lowest BCUT2D eigenvalue weighted by Gasteiger charge is -2.12. The number of aryl methyl sites for hydroxylation is 1. The first-order valence-electron chi connectivity index (χ1n) is 9.38. The Labute approximate surface area is 179 Å². The third-order valence-corrected chi connectivity index (χ3v) is 4.89. The summed E-state index contributed by atoms with van der Waals surface area (Å²) in [6.07, 6.45) is 3.24. The van der Waals surface area contributed by atoms with Crippen molar-refractivity contribution in [1.29, 1.82) is 0 Å². The van der Waals surface area contributed by atoms with Crippen LogP contribution < -0.4 is 11.2 Å². The zero-order valence-corrected chi connectivity index (χ0v) is 16.3. The van der Waals surface area contributed by atoms with Crippen LogP contribution in [0.2, 0.25) is 0 Å². The number of ether oxygens (including phenoxy) is 1. The summed E-state index contributed by atoms with van der Waals surface area (Å²) in [7, 11) is 1.60. The minimum atomic E-state index is -0.545. The lowest BCUT2D eigenvalue weighted by atomic mass is 10.1. The predicted octanol–water partition coefficient (Wildman–Crippen LogP) is 3.14. The monoisotopic (exact) mass is 417 g/mol. The largest absolute Gasteiger partial charge is 0.457 e. The number of fused-ring (bicyclic) bond motifs is 1. The van der Waals surface area contributed by atoms with Crippen molar-refractivity contribution in [3.8, 4) is 0 Å². The van der Waals surface area contributed by atoms with Gasteiger partial charge in [-0.05, 0) is 41.5 Å². The molecule has 0 N–H and O–H groups in total. The molecule has 0 aliphatic heterocycles. The first-order chi connectivity index (χ1) is 14.5. The standard InChI is InChI=1S/C23H19N3O4.CH4/c1-25-20-8-7-18(22(28)30-15-17-9-11-24-12-10-17)13-19(20)21(27)26(23(25)29)14-16-5-3-2-4-6-16;/h2-13H,14-15H2,1H3;1H4. The summed E-state index contributed by atoms with van der Waals surface area (Å²) in [5.41, 5.74) is 1.50. The van der Waals surface area contributed by atoms with Gasteiger partial charge >= 0.3 is 11.7 Å². The number of carbonyl (C=O) groups is 1. The molecule has 0 radical (unpaired) electrons. The van der Waals surface area contributed by atoms with Crippen LogP contribution in [0.4, 0.5) is 0 Å². The molecule has 2 aromatic carbocycles. The Bertz CT molecular complexity index is 1330. The topological polar surface area (TPSA) is 83.2 Å². The third-order valence-electron chi connectivity index (χ3n) is 4.89. The van der Waals surface area contributed by atoms with Crippen LogP contribution in [0.1, 0.15) is 28.9 Å². The molecule has 0 spiro atoms. The van der Waals surface area contributed by atoms with Crippen LogP contribution >= 0.6 is 0 Å². The fourth-order valence-corrected chi connectivity index (χ4v) is 3.26. The van der Waals surface area contributed by atoms with Crippen molar-refractivity contribution >= 4 is 16.9 Å². The van der Waals surface area contributed by atoms with E-state index in [0.717, 1.165) is 11.1 Å². The van der Waals surface area contributed by atoms with Crippen LogP contribution in [0.3, 0.4) is 0 Å². The summed E-state index contributed by atoms with van der Waals surface area (Å²) in [6.45, 7) is 0.254. The molecule has 7 nitrogen and oxygen atoms in total. The first-order valence-corrected chi connectivity index (χ1v) is 9.38. The fourth-order valence-electron chi connectivity index (χ4n) is 3.26. The molecule has 0 atom stereocenters. The van der Waals surface area contributed by atoms with E-state index in [1.165, 1.54) is 15.2 Å². The number of nitrogens with zero attached hydrogens (tertiary/aromatic N) is 3. The molecule has 0 saturated heterocycles. The highest BCUT2D eigenvalue weighted by atomic mass is 16.5. The summed E-state index contributed by atoms with van der Waals surface area (Å²) in [5.74, 6) is -0.545. The number of benzene rings is 2. The van der Waals surface area contributed by atoms with Gasteiger partial charge in [0.2, 0.25) is 0 Å². The molecule has 4 rings (SSSR count). The highest BCUT2D eigenvalue weighted by Gasteiger charge is 2.15. The van der Waals surface area contributed by atoms with Gasteiger partial charge in [0.05, 0.1) is 23.0 Å². The summed E-state index contributed by atoms with van der Waals surface area (Å²) < 4.78 is 7.92. The van der Waals surface area contributed by atoms with Crippen LogP contribution in [0.25, 0.3) is 10.9 Å². The van der Waals surface area contributed by atoms with Crippen LogP contribution in [0, 0.1) is 0 Å². The lowest BCUT2D eigenvalue weighted by Crippen LogP contribution is -2.39. The van der Waals surface area contributed by atoms with Gasteiger partial charge in [-0.15, -0.1) is 0 Å². The van der Waals surface area contributed by atoms with Crippen molar-refractivity contribution in [2.75, 3.05) is 0 Å². The SMILES string of the molecule is C.Cn1c(=O)n(Cc2ccccc2)c(=O)c2cc(C(=O)OCc3ccncc3)ccc21. The number of pyridine rings is 1. The van der Waals surface area contributed by atoms with Gasteiger partial charge < -0.3 is 4.74 Å². The van der Waals surface area contributed by atoms with E-state index in [1.807, 2.05) is 30.3 Å². The molecule has 0 bridgehead atoms. The van der Waals surface area contributed by atoms with Crippen molar-refractivity contribution in [3.05, 3.63) is 111 Å². The van der Waals surface area contributed by atoms with E-state index in [-0.39, 0.29) is 31.5 Å². The highest BCUT2D eigenvalue weighted by molar-refractivity contribution is 5.94. The van der Waals surface area contributed by atoms with E-state index in [0.29, 0.717) is 5.52 Å². The fraction of sp³-hybridized carbons (Fsp3) is 0.167. The molecule has 158 valence electrons. The molecule has 0 aliphatic rings. The van der Waals surface area contributed by atoms with Gasteiger partial charge in [0.15, 0.2) is 0 Å². The van der Waals surface area contributed by atoms with Crippen LogP contribution in [-0.4, -0.2) is 20.1 Å². The molecule has 4 aromatic rings. The van der Waals surface area contributed by atoms with E-state index >= 15 is 0 Å². The normalized spacial score (nSPS) is 10.5. The van der Waals surface area contributed by atoms with Crippen molar-refractivity contribution in [2.45, 2.75) is 20.6 Å². The maximum absolute atomic E-state index is 13.1. The third kappa shape index (κ3) is 4.45. The Morgan fingerprint density at radius 3 is 2.39 bits per heavy atom. The van der Waals surface area contributed by atoms with E-state index in [1.54, 1.807) is 43.7 Å². The molecule has 0 aliphatic carbocycles. The Balaban J connectivity index is 0.00000272. The highest BCUT2D eigenvalue weighted by Crippen LogP contribution is 2.13. The molecule has 31 heavy (non-hydrogen) atoms. The quantitative estimate of drug-likeness (QED) is 0.466. The van der Waals surface area contributed by atoms with Crippen molar-refractivity contribution in [3.63, 3.8) is 0 Å². The minimum Gasteiger partial charge on any atom is -0.457 e. The summed E-state index contributed by atoms with van der Waals surface area (Å²) >= 11 is 0. The second-order valence-corrected chi connectivity index (χ2v) is 6.88. The smallest absolute Gasteiger partial charge is 0.338 e. The van der Waals surface area contributed by atoms with Gasteiger partial charge in [-0.2, -0.15) is 0 Å². The Morgan fingerprint density at radius 1 is 0.968 bits per heavy atom. The van der Waals surface area contributed by atoms with Crippen LogP contribution in [0.5, 0.6) is 0 Å². The number of carbonyl (C=O) groups excluding carboxylic acids is 1. The van der Waals surface area contributed by atoms with E-state index in [9.17, 15) is 14.4 Å². The second-order valence-electron chi connectivity index (χ2n) is 6.88. The average Bonchev–Trinajstić information content (AvgIpc) is 2.80. The van der Waals surface area contributed by atoms with E-state index < -0.39 is 17.2 Å². The van der Waals surface area contributed by atoms with Gasteiger partial charge in [0.25, 0.3) is 5.56 Å². The molecule has 2 aromatic heterocycles. The van der Waals surface area contributed by atoms with Gasteiger partial charge in [0, 0.05) is 19.4 Å². The molecule has 0 amide bonds. The summed E-state index contributed by atoms with van der Waals surface area (Å²) in [6, 6.07) is 17.4. The predicted molar refractivity (Wildman–Crippen MR) is 119 cm³/mol. The van der Waals surface area contributed by atoms with Gasteiger partial charge in [0.1, 0.15) is 6.61 Å². The maximum atomic E-state index is 13.1. The summed E-state index contributed by atoms with van der Waals surface area (Å²) in [5, 5.41) is 0.284. The van der Waals surface area contributed by atoms with Gasteiger partial charge in [-0.25, -0.2) is 9.59 Å². The Kier molecular flexibility index (Phi) is 6.45. The van der Waals surface area contributed by atoms with Crippen molar-refractivity contribution < 1.29 is 9.53 Å². The second kappa shape index (κ2) is 9.21. The van der Waals surface area contributed by atoms with Crippen LogP contribution in [-0.2, 0) is 24.9 Å². The van der Waals surface area contributed by atoms with Crippen LogP contribution in [0.15, 0.2) is 82.6 Å². The zero-order chi connectivity index (χ0) is 21.1. The van der Waals surface area contributed by atoms with Crippen molar-refractivity contribution in [2.24, 2.45) is 7.05 Å². The number of esters is 1. The van der Waals surface area contributed by atoms with Crippen molar-refractivity contribution in [1.82, 2.24) is 14.1 Å². The Morgan fingerprint density at radius 2 is 1.68 bits per heavy atom. The van der Waals surface area contributed by atoms with E-state index in [2.05, 4.69) is 4.98 Å². The average molecular weight is 417 g/mol. The molecular formula is C24H23N3O4. The number of hydrogen-bond donors (Lipinski definition) is 0.